The second-order valence-electron chi connectivity index (χ2n) is 8.17. The SMILES string of the molecule is CC1CCCC(C)N1C(=O)COc1ccc(C(=O)NCC2CCCNC2)cc1.Cl. The Kier molecular flexibility index (Phi) is 9.24. The first kappa shape index (κ1) is 23.5. The Morgan fingerprint density at radius 3 is 2.41 bits per heavy atom. The van der Waals surface area contributed by atoms with E-state index in [0.29, 0.717) is 23.8 Å². The summed E-state index contributed by atoms with van der Waals surface area (Å²) >= 11 is 0. The van der Waals surface area contributed by atoms with Gasteiger partial charge in [0.25, 0.3) is 11.8 Å². The number of nitrogens with zero attached hydrogens (tertiary/aromatic N) is 1. The van der Waals surface area contributed by atoms with Crippen LogP contribution < -0.4 is 15.4 Å². The predicted molar refractivity (Wildman–Crippen MR) is 117 cm³/mol. The van der Waals surface area contributed by atoms with E-state index in [4.69, 9.17) is 4.74 Å². The second kappa shape index (κ2) is 11.4. The molecule has 2 N–H and O–H groups in total. The minimum atomic E-state index is -0.0656. The Bertz CT molecular complexity index is 652. The molecule has 0 bridgehead atoms. The number of nitrogens with one attached hydrogen (secondary N) is 2. The van der Waals surface area contributed by atoms with Crippen molar-refractivity contribution in [1.82, 2.24) is 15.5 Å². The van der Waals surface area contributed by atoms with Crippen molar-refractivity contribution in [2.24, 2.45) is 5.92 Å². The Morgan fingerprint density at radius 2 is 1.79 bits per heavy atom. The maximum Gasteiger partial charge on any atom is 0.260 e. The first-order valence-corrected chi connectivity index (χ1v) is 10.6. The molecule has 1 aromatic rings. The fourth-order valence-electron chi connectivity index (χ4n) is 4.27. The lowest BCUT2D eigenvalue weighted by atomic mass is 9.97. The summed E-state index contributed by atoms with van der Waals surface area (Å²) in [5, 5.41) is 6.37. The highest BCUT2D eigenvalue weighted by Gasteiger charge is 2.29. The fourth-order valence-corrected chi connectivity index (χ4v) is 4.27. The van der Waals surface area contributed by atoms with E-state index in [1.807, 2.05) is 4.90 Å². The van der Waals surface area contributed by atoms with Gasteiger partial charge in [-0.05, 0) is 89.2 Å². The topological polar surface area (TPSA) is 70.7 Å². The molecular weight excluding hydrogens is 390 g/mol. The van der Waals surface area contributed by atoms with E-state index in [1.165, 1.54) is 12.8 Å². The minimum Gasteiger partial charge on any atom is -0.484 e. The quantitative estimate of drug-likeness (QED) is 0.737. The lowest BCUT2D eigenvalue weighted by molar-refractivity contribution is -0.139. The third-order valence-electron chi connectivity index (χ3n) is 5.91. The number of piperidine rings is 2. The molecule has 0 aliphatic carbocycles. The van der Waals surface area contributed by atoms with Gasteiger partial charge in [0.1, 0.15) is 5.75 Å². The summed E-state index contributed by atoms with van der Waals surface area (Å²) in [4.78, 5) is 26.8. The van der Waals surface area contributed by atoms with Gasteiger partial charge >= 0.3 is 0 Å². The molecule has 0 radical (unpaired) electrons. The number of likely N-dealkylation sites (tertiary alicyclic amines) is 1. The summed E-state index contributed by atoms with van der Waals surface area (Å²) in [7, 11) is 0. The van der Waals surface area contributed by atoms with Crippen LogP contribution in [0.15, 0.2) is 24.3 Å². The van der Waals surface area contributed by atoms with Gasteiger partial charge < -0.3 is 20.3 Å². The van der Waals surface area contributed by atoms with Gasteiger partial charge in [0.2, 0.25) is 0 Å². The Morgan fingerprint density at radius 1 is 1.10 bits per heavy atom. The molecule has 29 heavy (non-hydrogen) atoms. The van der Waals surface area contributed by atoms with Gasteiger partial charge in [-0.2, -0.15) is 0 Å². The molecule has 0 saturated carbocycles. The number of amides is 2. The zero-order valence-corrected chi connectivity index (χ0v) is 18.3. The summed E-state index contributed by atoms with van der Waals surface area (Å²) in [5.74, 6) is 1.08. The summed E-state index contributed by atoms with van der Waals surface area (Å²) < 4.78 is 5.68. The Labute approximate surface area is 180 Å². The molecule has 0 spiro atoms. The molecular formula is C22H34ClN3O3. The zero-order chi connectivity index (χ0) is 19.9. The molecule has 7 heteroatoms. The van der Waals surface area contributed by atoms with E-state index in [-0.39, 0.29) is 42.9 Å². The van der Waals surface area contributed by atoms with Crippen molar-refractivity contribution in [3.63, 3.8) is 0 Å². The molecule has 2 aliphatic rings. The van der Waals surface area contributed by atoms with Gasteiger partial charge in [0, 0.05) is 24.2 Å². The standard InChI is InChI=1S/C22H33N3O3.ClH/c1-16-5-3-6-17(2)25(16)21(26)15-28-20-10-8-19(9-11-20)22(27)24-14-18-7-4-12-23-13-18;/h8-11,16-18,23H,3-7,12-15H2,1-2H3,(H,24,27);1H. The largest absolute Gasteiger partial charge is 0.484 e. The molecule has 162 valence electrons. The smallest absolute Gasteiger partial charge is 0.260 e. The predicted octanol–water partition coefficient (Wildman–Crippen LogP) is 3.01. The van der Waals surface area contributed by atoms with Crippen molar-refractivity contribution < 1.29 is 14.3 Å². The molecule has 2 amide bonds. The van der Waals surface area contributed by atoms with Crippen LogP contribution in [0.25, 0.3) is 0 Å². The van der Waals surface area contributed by atoms with Crippen molar-refractivity contribution >= 4 is 24.2 Å². The molecule has 2 saturated heterocycles. The van der Waals surface area contributed by atoms with E-state index in [0.717, 1.165) is 32.4 Å². The Hall–Kier alpha value is -1.79. The number of carbonyl (C=O) groups is 2. The van der Waals surface area contributed by atoms with Gasteiger partial charge in [0.05, 0.1) is 0 Å². The van der Waals surface area contributed by atoms with Gasteiger partial charge in [-0.1, -0.05) is 0 Å². The number of rotatable bonds is 6. The minimum absolute atomic E-state index is 0. The number of hydrogen-bond acceptors (Lipinski definition) is 4. The van der Waals surface area contributed by atoms with E-state index in [2.05, 4.69) is 24.5 Å². The highest BCUT2D eigenvalue weighted by atomic mass is 35.5. The summed E-state index contributed by atoms with van der Waals surface area (Å²) in [6.07, 6.45) is 5.60. The summed E-state index contributed by atoms with van der Waals surface area (Å²) in [5.41, 5.74) is 0.612. The third kappa shape index (κ3) is 6.61. The lowest BCUT2D eigenvalue weighted by Gasteiger charge is -2.38. The molecule has 3 rings (SSSR count). The highest BCUT2D eigenvalue weighted by Crippen LogP contribution is 2.23. The molecule has 3 unspecified atom stereocenters. The van der Waals surface area contributed by atoms with Crippen LogP contribution in [0.1, 0.15) is 56.3 Å². The van der Waals surface area contributed by atoms with Crippen molar-refractivity contribution in [2.45, 2.75) is 58.0 Å². The van der Waals surface area contributed by atoms with Crippen LogP contribution in [0.3, 0.4) is 0 Å². The summed E-state index contributed by atoms with van der Waals surface area (Å²) in [6.45, 7) is 6.98. The van der Waals surface area contributed by atoms with Crippen molar-refractivity contribution in [1.29, 1.82) is 0 Å². The van der Waals surface area contributed by atoms with Crippen molar-refractivity contribution in [3.05, 3.63) is 29.8 Å². The molecule has 0 aromatic heterocycles. The molecule has 6 nitrogen and oxygen atoms in total. The molecule has 2 aliphatic heterocycles. The maximum atomic E-state index is 12.5. The zero-order valence-electron chi connectivity index (χ0n) is 17.5. The van der Waals surface area contributed by atoms with Crippen LogP contribution in [0.5, 0.6) is 5.75 Å². The molecule has 3 atom stereocenters. The molecule has 2 fully saturated rings. The average Bonchev–Trinajstić information content (AvgIpc) is 2.71. The van der Waals surface area contributed by atoms with Crippen LogP contribution in [0.2, 0.25) is 0 Å². The average molecular weight is 424 g/mol. The van der Waals surface area contributed by atoms with Crippen LogP contribution in [0, 0.1) is 5.92 Å². The van der Waals surface area contributed by atoms with Crippen molar-refractivity contribution in [3.8, 4) is 5.75 Å². The molecule has 2 heterocycles. The van der Waals surface area contributed by atoms with E-state index < -0.39 is 0 Å². The van der Waals surface area contributed by atoms with Gasteiger partial charge in [-0.15, -0.1) is 12.4 Å². The van der Waals surface area contributed by atoms with Gasteiger partial charge in [0.15, 0.2) is 6.61 Å². The number of benzene rings is 1. The number of halogens is 1. The van der Waals surface area contributed by atoms with Crippen LogP contribution in [-0.4, -0.2) is 55.0 Å². The normalized spacial score (nSPS) is 24.3. The van der Waals surface area contributed by atoms with Crippen molar-refractivity contribution in [2.75, 3.05) is 26.2 Å². The monoisotopic (exact) mass is 423 g/mol. The van der Waals surface area contributed by atoms with Gasteiger partial charge in [-0.3, -0.25) is 9.59 Å². The molecule has 1 aromatic carbocycles. The summed E-state index contributed by atoms with van der Waals surface area (Å²) in [6, 6.07) is 7.55. The second-order valence-corrected chi connectivity index (χ2v) is 8.17. The first-order valence-electron chi connectivity index (χ1n) is 10.6. The third-order valence-corrected chi connectivity index (χ3v) is 5.91. The lowest BCUT2D eigenvalue weighted by Crippen LogP contribution is -2.49. The van der Waals surface area contributed by atoms with Crippen LogP contribution >= 0.6 is 12.4 Å². The number of hydrogen-bond donors (Lipinski definition) is 2. The van der Waals surface area contributed by atoms with E-state index >= 15 is 0 Å². The number of ether oxygens (including phenoxy) is 1. The Balaban J connectivity index is 0.00000300. The van der Waals surface area contributed by atoms with Gasteiger partial charge in [-0.25, -0.2) is 0 Å². The maximum absolute atomic E-state index is 12.5. The van der Waals surface area contributed by atoms with E-state index in [9.17, 15) is 9.59 Å². The first-order chi connectivity index (χ1) is 13.5. The van der Waals surface area contributed by atoms with Crippen LogP contribution in [0.4, 0.5) is 0 Å². The number of carbonyl (C=O) groups excluding carboxylic acids is 2. The van der Waals surface area contributed by atoms with E-state index in [1.54, 1.807) is 24.3 Å². The fraction of sp³-hybridized carbons (Fsp3) is 0.636. The highest BCUT2D eigenvalue weighted by molar-refractivity contribution is 5.94. The van der Waals surface area contributed by atoms with Crippen LogP contribution in [-0.2, 0) is 4.79 Å².